The minimum Gasteiger partial charge on any atom is -0.330 e. The molecule has 0 rings (SSSR count). The van der Waals surface area contributed by atoms with Crippen LogP contribution in [-0.2, 0) is 10.0 Å². The molecule has 0 radical (unpaired) electrons. The van der Waals surface area contributed by atoms with Crippen molar-refractivity contribution >= 4 is 10.0 Å². The molecule has 0 amide bonds. The summed E-state index contributed by atoms with van der Waals surface area (Å²) < 4.78 is 26.1. The van der Waals surface area contributed by atoms with E-state index in [1.807, 2.05) is 13.8 Å². The first-order valence-electron chi connectivity index (χ1n) is 6.69. The van der Waals surface area contributed by atoms with Gasteiger partial charge in [0.15, 0.2) is 0 Å². The molecule has 104 valence electrons. The Bertz CT molecular complexity index is 278. The molecule has 2 N–H and O–H groups in total. The predicted octanol–water partition coefficient (Wildman–Crippen LogP) is 1.96. The first kappa shape index (κ1) is 16.9. The van der Waals surface area contributed by atoms with Crippen molar-refractivity contribution < 1.29 is 8.42 Å². The van der Waals surface area contributed by atoms with Crippen LogP contribution >= 0.6 is 0 Å². The molecule has 5 heteroatoms. The molecule has 0 aliphatic heterocycles. The van der Waals surface area contributed by atoms with Gasteiger partial charge in [0.25, 0.3) is 0 Å². The van der Waals surface area contributed by atoms with Crippen LogP contribution in [0.2, 0.25) is 0 Å². The molecule has 0 saturated heterocycles. The van der Waals surface area contributed by atoms with Gasteiger partial charge in [-0.1, -0.05) is 20.3 Å². The third kappa shape index (κ3) is 6.38. The summed E-state index contributed by atoms with van der Waals surface area (Å²) in [6.45, 7) is 7.30. The lowest BCUT2D eigenvalue weighted by molar-refractivity contribution is 0.324. The Morgan fingerprint density at radius 1 is 1.18 bits per heavy atom. The number of nitrogens with zero attached hydrogens (tertiary/aromatic N) is 1. The van der Waals surface area contributed by atoms with Crippen molar-refractivity contribution in [1.29, 1.82) is 0 Å². The molecule has 0 saturated carbocycles. The van der Waals surface area contributed by atoms with Crippen molar-refractivity contribution in [1.82, 2.24) is 4.31 Å². The molecule has 0 aliphatic carbocycles. The van der Waals surface area contributed by atoms with E-state index in [9.17, 15) is 8.42 Å². The molecule has 0 spiro atoms. The minimum atomic E-state index is -3.10. The van der Waals surface area contributed by atoms with E-state index < -0.39 is 10.0 Å². The summed E-state index contributed by atoms with van der Waals surface area (Å²) >= 11 is 0. The molecule has 17 heavy (non-hydrogen) atoms. The summed E-state index contributed by atoms with van der Waals surface area (Å²) in [6, 6.07) is 0.101. The zero-order chi connectivity index (χ0) is 13.3. The first-order chi connectivity index (χ1) is 7.99. The zero-order valence-electron chi connectivity index (χ0n) is 11.5. The van der Waals surface area contributed by atoms with Gasteiger partial charge >= 0.3 is 0 Å². The van der Waals surface area contributed by atoms with Crippen LogP contribution < -0.4 is 5.73 Å². The molecule has 0 aromatic heterocycles. The Balaban J connectivity index is 4.53. The first-order valence-corrected chi connectivity index (χ1v) is 8.30. The monoisotopic (exact) mass is 264 g/mol. The average Bonchev–Trinajstić information content (AvgIpc) is 2.29. The molecule has 0 bridgehead atoms. The van der Waals surface area contributed by atoms with E-state index in [4.69, 9.17) is 5.73 Å². The summed E-state index contributed by atoms with van der Waals surface area (Å²) in [7, 11) is -3.10. The molecule has 0 aliphatic rings. The largest absolute Gasteiger partial charge is 0.330 e. The van der Waals surface area contributed by atoms with E-state index in [-0.39, 0.29) is 11.8 Å². The van der Waals surface area contributed by atoms with Gasteiger partial charge in [-0.2, -0.15) is 4.31 Å². The molecular weight excluding hydrogens is 236 g/mol. The van der Waals surface area contributed by atoms with Crippen molar-refractivity contribution in [3.05, 3.63) is 0 Å². The average molecular weight is 264 g/mol. The molecular formula is C12H28N2O2S. The molecule has 1 atom stereocenters. The molecule has 0 aromatic rings. The highest BCUT2D eigenvalue weighted by molar-refractivity contribution is 7.89. The Morgan fingerprint density at radius 3 is 2.29 bits per heavy atom. The molecule has 1 unspecified atom stereocenters. The van der Waals surface area contributed by atoms with E-state index in [0.29, 0.717) is 19.5 Å². The van der Waals surface area contributed by atoms with Gasteiger partial charge in [-0.25, -0.2) is 8.42 Å². The van der Waals surface area contributed by atoms with E-state index in [1.54, 1.807) is 4.31 Å². The van der Waals surface area contributed by atoms with Crippen LogP contribution in [0.3, 0.4) is 0 Å². The maximum Gasteiger partial charge on any atom is 0.214 e. The van der Waals surface area contributed by atoms with Gasteiger partial charge in [-0.3, -0.25) is 0 Å². The van der Waals surface area contributed by atoms with E-state index in [2.05, 4.69) is 6.92 Å². The van der Waals surface area contributed by atoms with Gasteiger partial charge in [0, 0.05) is 12.6 Å². The van der Waals surface area contributed by atoms with Crippen LogP contribution in [0, 0.1) is 0 Å². The number of sulfonamides is 1. The van der Waals surface area contributed by atoms with Crippen LogP contribution in [0.4, 0.5) is 0 Å². The second-order valence-electron chi connectivity index (χ2n) is 4.53. The van der Waals surface area contributed by atoms with Crippen molar-refractivity contribution in [2.75, 3.05) is 18.8 Å². The van der Waals surface area contributed by atoms with E-state index >= 15 is 0 Å². The van der Waals surface area contributed by atoms with E-state index in [1.165, 1.54) is 0 Å². The number of hydrogen-bond acceptors (Lipinski definition) is 3. The second-order valence-corrected chi connectivity index (χ2v) is 6.57. The normalized spacial score (nSPS) is 14.2. The van der Waals surface area contributed by atoms with Crippen LogP contribution in [0.15, 0.2) is 0 Å². The smallest absolute Gasteiger partial charge is 0.214 e. The number of nitrogens with two attached hydrogens (primary N) is 1. The third-order valence-electron chi connectivity index (χ3n) is 3.03. The van der Waals surface area contributed by atoms with Crippen molar-refractivity contribution in [2.45, 2.75) is 58.9 Å². The van der Waals surface area contributed by atoms with Gasteiger partial charge in [-0.15, -0.1) is 0 Å². The standard InChI is InChI=1S/C12H28N2O2S/c1-4-6-10-14(12(3)5-2)17(15,16)11-8-7-9-13/h12H,4-11,13H2,1-3H3. The van der Waals surface area contributed by atoms with Gasteiger partial charge in [-0.05, 0) is 39.2 Å². The SMILES string of the molecule is CCCCN(C(C)CC)S(=O)(=O)CCCCN. The fraction of sp³-hybridized carbons (Fsp3) is 1.00. The van der Waals surface area contributed by atoms with Crippen LogP contribution in [-0.4, -0.2) is 37.6 Å². The summed E-state index contributed by atoms with van der Waals surface area (Å²) in [5, 5.41) is 0. The van der Waals surface area contributed by atoms with Crippen molar-refractivity contribution in [3.8, 4) is 0 Å². The van der Waals surface area contributed by atoms with E-state index in [0.717, 1.165) is 25.7 Å². The highest BCUT2D eigenvalue weighted by Gasteiger charge is 2.24. The third-order valence-corrected chi connectivity index (χ3v) is 5.09. The molecule has 4 nitrogen and oxygen atoms in total. The Labute approximate surface area is 107 Å². The second kappa shape index (κ2) is 8.89. The molecule has 0 fully saturated rings. The quantitative estimate of drug-likeness (QED) is 0.613. The highest BCUT2D eigenvalue weighted by Crippen LogP contribution is 2.13. The van der Waals surface area contributed by atoms with Gasteiger partial charge in [0.2, 0.25) is 10.0 Å². The lowest BCUT2D eigenvalue weighted by Gasteiger charge is -2.27. The molecule has 0 aromatic carbocycles. The summed E-state index contributed by atoms with van der Waals surface area (Å²) in [4.78, 5) is 0. The minimum absolute atomic E-state index is 0.101. The Kier molecular flexibility index (Phi) is 8.82. The Morgan fingerprint density at radius 2 is 1.82 bits per heavy atom. The highest BCUT2D eigenvalue weighted by atomic mass is 32.2. The predicted molar refractivity (Wildman–Crippen MR) is 73.4 cm³/mol. The van der Waals surface area contributed by atoms with Crippen LogP contribution in [0.5, 0.6) is 0 Å². The summed E-state index contributed by atoms with van der Waals surface area (Å²) in [5.74, 6) is 0.234. The maximum atomic E-state index is 12.2. The molecule has 0 heterocycles. The number of hydrogen-bond donors (Lipinski definition) is 1. The van der Waals surface area contributed by atoms with Crippen LogP contribution in [0.1, 0.15) is 52.9 Å². The lowest BCUT2D eigenvalue weighted by atomic mass is 10.2. The summed E-state index contributed by atoms with van der Waals surface area (Å²) in [5.41, 5.74) is 5.39. The van der Waals surface area contributed by atoms with Gasteiger partial charge < -0.3 is 5.73 Å². The van der Waals surface area contributed by atoms with Crippen LogP contribution in [0.25, 0.3) is 0 Å². The number of unbranched alkanes of at least 4 members (excludes halogenated alkanes) is 2. The Hall–Kier alpha value is -0.130. The fourth-order valence-electron chi connectivity index (χ4n) is 1.70. The lowest BCUT2D eigenvalue weighted by Crippen LogP contribution is -2.40. The van der Waals surface area contributed by atoms with Gasteiger partial charge in [0.1, 0.15) is 0 Å². The zero-order valence-corrected chi connectivity index (χ0v) is 12.3. The topological polar surface area (TPSA) is 63.4 Å². The maximum absolute atomic E-state index is 12.2. The number of rotatable bonds is 10. The van der Waals surface area contributed by atoms with Crippen molar-refractivity contribution in [3.63, 3.8) is 0 Å². The fourth-order valence-corrected chi connectivity index (χ4v) is 3.61. The van der Waals surface area contributed by atoms with Crippen molar-refractivity contribution in [2.24, 2.45) is 5.73 Å². The summed E-state index contributed by atoms with van der Waals surface area (Å²) in [6.07, 6.45) is 4.25. The van der Waals surface area contributed by atoms with Gasteiger partial charge in [0.05, 0.1) is 5.75 Å².